The Morgan fingerprint density at radius 2 is 2.00 bits per heavy atom. The number of hydrogen-bond donors (Lipinski definition) is 1. The summed E-state index contributed by atoms with van der Waals surface area (Å²) in [5.41, 5.74) is 1.74. The van der Waals surface area contributed by atoms with Gasteiger partial charge in [-0.05, 0) is 23.6 Å². The first-order valence-corrected chi connectivity index (χ1v) is 6.19. The zero-order chi connectivity index (χ0) is 13.1. The third kappa shape index (κ3) is 2.52. The Hall–Kier alpha value is -1.45. The lowest BCUT2D eigenvalue weighted by molar-refractivity contribution is -0.0390. The van der Waals surface area contributed by atoms with Gasteiger partial charge >= 0.3 is 0 Å². The van der Waals surface area contributed by atoms with Crippen LogP contribution in [0.1, 0.15) is 25.5 Å². The average molecular weight is 245 g/mol. The molecule has 0 fully saturated rings. The van der Waals surface area contributed by atoms with E-state index in [1.165, 1.54) is 0 Å². The van der Waals surface area contributed by atoms with Crippen LogP contribution in [0.4, 0.5) is 0 Å². The number of aliphatic hydroxyl groups is 1. The lowest BCUT2D eigenvalue weighted by Crippen LogP contribution is -2.26. The summed E-state index contributed by atoms with van der Waals surface area (Å²) >= 11 is 0. The van der Waals surface area contributed by atoms with Gasteiger partial charge in [-0.3, -0.25) is 4.98 Å². The molecule has 1 heterocycles. The van der Waals surface area contributed by atoms with Crippen LogP contribution in [0.5, 0.6) is 0 Å². The molecular formula is C15H19NO2. The minimum atomic E-state index is -0.624. The Morgan fingerprint density at radius 3 is 2.67 bits per heavy atom. The maximum Gasteiger partial charge on any atom is 0.105 e. The van der Waals surface area contributed by atoms with Gasteiger partial charge in [0.25, 0.3) is 0 Å². The van der Waals surface area contributed by atoms with Crippen LogP contribution in [0.15, 0.2) is 36.5 Å². The summed E-state index contributed by atoms with van der Waals surface area (Å²) in [6, 6.07) is 9.75. The van der Waals surface area contributed by atoms with Crippen molar-refractivity contribution in [3.8, 4) is 0 Å². The van der Waals surface area contributed by atoms with Crippen molar-refractivity contribution in [1.82, 2.24) is 4.98 Å². The summed E-state index contributed by atoms with van der Waals surface area (Å²) < 4.78 is 5.37. The molecule has 0 saturated heterocycles. The Balaban J connectivity index is 2.35. The third-order valence-corrected chi connectivity index (χ3v) is 3.21. The molecule has 1 aromatic carbocycles. The van der Waals surface area contributed by atoms with E-state index >= 15 is 0 Å². The number of fused-ring (bicyclic) bond motifs is 1. The molecule has 0 aliphatic carbocycles. The molecule has 2 atom stereocenters. The van der Waals surface area contributed by atoms with E-state index in [9.17, 15) is 5.11 Å². The SMILES string of the molecule is COC(C(C)C)C(O)c1ccc2cccnc2c1. The second kappa shape index (κ2) is 5.46. The molecule has 18 heavy (non-hydrogen) atoms. The smallest absolute Gasteiger partial charge is 0.105 e. The molecule has 0 aliphatic rings. The van der Waals surface area contributed by atoms with E-state index in [-0.39, 0.29) is 12.0 Å². The molecule has 0 amide bonds. The monoisotopic (exact) mass is 245 g/mol. The van der Waals surface area contributed by atoms with E-state index in [0.29, 0.717) is 0 Å². The van der Waals surface area contributed by atoms with E-state index < -0.39 is 6.10 Å². The van der Waals surface area contributed by atoms with Crippen LogP contribution >= 0.6 is 0 Å². The van der Waals surface area contributed by atoms with Gasteiger partial charge in [-0.25, -0.2) is 0 Å². The number of ether oxygens (including phenoxy) is 1. The van der Waals surface area contributed by atoms with Gasteiger partial charge in [0.05, 0.1) is 11.6 Å². The maximum atomic E-state index is 10.4. The van der Waals surface area contributed by atoms with Crippen LogP contribution in [0.3, 0.4) is 0 Å². The summed E-state index contributed by atoms with van der Waals surface area (Å²) in [7, 11) is 1.63. The van der Waals surface area contributed by atoms with Gasteiger partial charge in [0, 0.05) is 18.7 Å². The Labute approximate surface area is 107 Å². The standard InChI is InChI=1S/C15H19NO2/c1-10(2)15(18-3)14(17)12-7-6-11-5-4-8-16-13(11)9-12/h4-10,14-15,17H,1-3H3. The summed E-state index contributed by atoms with van der Waals surface area (Å²) in [6.07, 6.45) is 0.932. The highest BCUT2D eigenvalue weighted by Gasteiger charge is 2.23. The van der Waals surface area contributed by atoms with Crippen LogP contribution in [0.2, 0.25) is 0 Å². The molecule has 0 spiro atoms. The highest BCUT2D eigenvalue weighted by molar-refractivity contribution is 5.78. The second-order valence-electron chi connectivity index (χ2n) is 4.84. The molecule has 1 N–H and O–H groups in total. The first kappa shape index (κ1) is 13.0. The third-order valence-electron chi connectivity index (χ3n) is 3.21. The molecule has 3 heteroatoms. The predicted molar refractivity (Wildman–Crippen MR) is 72.3 cm³/mol. The Kier molecular flexibility index (Phi) is 3.94. The molecule has 96 valence electrons. The van der Waals surface area contributed by atoms with Crippen molar-refractivity contribution >= 4 is 10.9 Å². The fraction of sp³-hybridized carbons (Fsp3) is 0.400. The number of methoxy groups -OCH3 is 1. The lowest BCUT2D eigenvalue weighted by Gasteiger charge is -2.25. The number of hydrogen-bond acceptors (Lipinski definition) is 3. The van der Waals surface area contributed by atoms with Crippen molar-refractivity contribution in [3.63, 3.8) is 0 Å². The molecule has 0 saturated carbocycles. The molecule has 0 bridgehead atoms. The molecule has 0 radical (unpaired) electrons. The number of rotatable bonds is 4. The van der Waals surface area contributed by atoms with Crippen LogP contribution in [0, 0.1) is 5.92 Å². The van der Waals surface area contributed by atoms with Crippen LogP contribution in [-0.2, 0) is 4.74 Å². The first-order chi connectivity index (χ1) is 8.63. The van der Waals surface area contributed by atoms with Gasteiger partial charge in [0.1, 0.15) is 6.10 Å². The van der Waals surface area contributed by atoms with Crippen LogP contribution < -0.4 is 0 Å². The number of pyridine rings is 1. The topological polar surface area (TPSA) is 42.4 Å². The van der Waals surface area contributed by atoms with E-state index in [0.717, 1.165) is 16.5 Å². The Bertz CT molecular complexity index is 525. The Morgan fingerprint density at radius 1 is 1.22 bits per heavy atom. The molecule has 3 nitrogen and oxygen atoms in total. The molecule has 1 aromatic heterocycles. The number of aliphatic hydroxyl groups excluding tert-OH is 1. The minimum Gasteiger partial charge on any atom is -0.386 e. The van der Waals surface area contributed by atoms with Gasteiger partial charge in [0.15, 0.2) is 0 Å². The highest BCUT2D eigenvalue weighted by Crippen LogP contribution is 2.26. The van der Waals surface area contributed by atoms with Crippen molar-refractivity contribution in [1.29, 1.82) is 0 Å². The fourth-order valence-corrected chi connectivity index (χ4v) is 2.22. The quantitative estimate of drug-likeness (QED) is 0.900. The normalized spacial score (nSPS) is 14.9. The molecule has 2 rings (SSSR count). The van der Waals surface area contributed by atoms with Crippen molar-refractivity contribution in [2.24, 2.45) is 5.92 Å². The van der Waals surface area contributed by atoms with Crippen LogP contribution in [-0.4, -0.2) is 23.3 Å². The minimum absolute atomic E-state index is 0.203. The summed E-state index contributed by atoms with van der Waals surface area (Å²) in [5, 5.41) is 11.4. The first-order valence-electron chi connectivity index (χ1n) is 6.19. The second-order valence-corrected chi connectivity index (χ2v) is 4.84. The fourth-order valence-electron chi connectivity index (χ4n) is 2.22. The van der Waals surface area contributed by atoms with Crippen molar-refractivity contribution in [2.45, 2.75) is 26.1 Å². The molecule has 2 aromatic rings. The largest absolute Gasteiger partial charge is 0.386 e. The van der Waals surface area contributed by atoms with Gasteiger partial charge < -0.3 is 9.84 Å². The van der Waals surface area contributed by atoms with Crippen molar-refractivity contribution in [2.75, 3.05) is 7.11 Å². The van der Waals surface area contributed by atoms with Gasteiger partial charge in [-0.2, -0.15) is 0 Å². The van der Waals surface area contributed by atoms with E-state index in [4.69, 9.17) is 4.74 Å². The molecule has 2 unspecified atom stereocenters. The zero-order valence-corrected chi connectivity index (χ0v) is 11.0. The summed E-state index contributed by atoms with van der Waals surface area (Å²) in [6.45, 7) is 4.08. The van der Waals surface area contributed by atoms with Crippen molar-refractivity contribution < 1.29 is 9.84 Å². The number of benzene rings is 1. The lowest BCUT2D eigenvalue weighted by atomic mass is 9.95. The highest BCUT2D eigenvalue weighted by atomic mass is 16.5. The molecule has 0 aliphatic heterocycles. The summed E-state index contributed by atoms with van der Waals surface area (Å²) in [4.78, 5) is 4.30. The van der Waals surface area contributed by atoms with Gasteiger partial charge in [0.2, 0.25) is 0 Å². The van der Waals surface area contributed by atoms with E-state index in [2.05, 4.69) is 4.98 Å². The predicted octanol–water partition coefficient (Wildman–Crippen LogP) is 2.94. The maximum absolute atomic E-state index is 10.4. The van der Waals surface area contributed by atoms with E-state index in [1.807, 2.05) is 44.2 Å². The van der Waals surface area contributed by atoms with E-state index in [1.54, 1.807) is 13.3 Å². The van der Waals surface area contributed by atoms with Crippen LogP contribution in [0.25, 0.3) is 10.9 Å². The number of nitrogens with zero attached hydrogens (tertiary/aromatic N) is 1. The molecular weight excluding hydrogens is 226 g/mol. The van der Waals surface area contributed by atoms with Crippen molar-refractivity contribution in [3.05, 3.63) is 42.1 Å². The zero-order valence-electron chi connectivity index (χ0n) is 11.0. The van der Waals surface area contributed by atoms with Gasteiger partial charge in [-0.15, -0.1) is 0 Å². The number of aromatic nitrogens is 1. The average Bonchev–Trinajstić information content (AvgIpc) is 2.38. The summed E-state index contributed by atoms with van der Waals surface area (Å²) in [5.74, 6) is 0.254. The van der Waals surface area contributed by atoms with Gasteiger partial charge in [-0.1, -0.05) is 32.0 Å².